The predicted molar refractivity (Wildman–Crippen MR) is 115 cm³/mol. The van der Waals surface area contributed by atoms with Gasteiger partial charge in [0.25, 0.3) is 5.91 Å². The molecule has 0 aromatic heterocycles. The summed E-state index contributed by atoms with van der Waals surface area (Å²) < 4.78 is 44.5. The van der Waals surface area contributed by atoms with Crippen molar-refractivity contribution in [3.05, 3.63) is 56.4 Å². The highest BCUT2D eigenvalue weighted by atomic mass is 127. The second-order valence-electron chi connectivity index (χ2n) is 5.96. The molecule has 0 atom stereocenters. The van der Waals surface area contributed by atoms with Crippen LogP contribution >= 0.6 is 22.6 Å². The van der Waals surface area contributed by atoms with Gasteiger partial charge in [-0.15, -0.1) is 0 Å². The zero-order chi connectivity index (χ0) is 23.0. The fraction of sp³-hybridized carbons (Fsp3) is 0.263. The van der Waals surface area contributed by atoms with E-state index in [1.165, 1.54) is 25.1 Å². The molecule has 0 aliphatic heterocycles. The lowest BCUT2D eigenvalue weighted by Gasteiger charge is -2.16. The lowest BCUT2D eigenvalue weighted by molar-refractivity contribution is 0.0168. The van der Waals surface area contributed by atoms with E-state index in [-0.39, 0.29) is 31.2 Å². The number of aliphatic hydroxyl groups excluding tert-OH is 2. The summed E-state index contributed by atoms with van der Waals surface area (Å²) in [6, 6.07) is 5.00. The van der Waals surface area contributed by atoms with Gasteiger partial charge in [-0.05, 0) is 53.8 Å². The Morgan fingerprint density at radius 2 is 1.81 bits per heavy atom. The Kier molecular flexibility index (Phi) is 9.48. The van der Waals surface area contributed by atoms with Crippen LogP contribution in [-0.4, -0.2) is 48.3 Å². The van der Waals surface area contributed by atoms with Crippen molar-refractivity contribution in [1.82, 2.24) is 5.48 Å². The summed E-state index contributed by atoms with van der Waals surface area (Å²) in [5, 5.41) is 23.5. The minimum atomic E-state index is -1.46. The van der Waals surface area contributed by atoms with Crippen LogP contribution < -0.4 is 10.8 Å². The summed E-state index contributed by atoms with van der Waals surface area (Å²) in [4.78, 5) is 22.0. The first-order valence-electron chi connectivity index (χ1n) is 8.85. The molecule has 0 saturated heterocycles. The van der Waals surface area contributed by atoms with E-state index in [1.807, 2.05) is 28.1 Å². The second kappa shape index (κ2) is 11.8. The summed E-state index contributed by atoms with van der Waals surface area (Å²) in [7, 11) is 0. The number of halogens is 4. The van der Waals surface area contributed by atoms with E-state index in [4.69, 9.17) is 19.9 Å². The van der Waals surface area contributed by atoms with Gasteiger partial charge < -0.3 is 20.4 Å². The van der Waals surface area contributed by atoms with Crippen molar-refractivity contribution in [3.63, 3.8) is 0 Å². The maximum atomic E-state index is 15.0. The quantitative estimate of drug-likeness (QED) is 0.156. The third kappa shape index (κ3) is 6.53. The van der Waals surface area contributed by atoms with Gasteiger partial charge >= 0.3 is 0 Å². The SMILES string of the molecule is C/C(=N/OCCO)c1cc(C(=O)NOCCO)c(Nc2ccc(I)cc2F)c(F)c1F. The van der Waals surface area contributed by atoms with E-state index < -0.39 is 46.8 Å². The maximum absolute atomic E-state index is 15.0. The Labute approximate surface area is 189 Å². The average molecular weight is 553 g/mol. The van der Waals surface area contributed by atoms with Crippen LogP contribution in [0.2, 0.25) is 0 Å². The topological polar surface area (TPSA) is 112 Å². The number of carbonyl (C=O) groups excluding carboxylic acids is 1. The van der Waals surface area contributed by atoms with Gasteiger partial charge in [-0.25, -0.2) is 18.7 Å². The van der Waals surface area contributed by atoms with Crippen LogP contribution in [0.5, 0.6) is 0 Å². The molecule has 12 heteroatoms. The van der Waals surface area contributed by atoms with E-state index >= 15 is 0 Å². The highest BCUT2D eigenvalue weighted by Crippen LogP contribution is 2.31. The molecule has 31 heavy (non-hydrogen) atoms. The van der Waals surface area contributed by atoms with Gasteiger partial charge in [0.2, 0.25) is 0 Å². The van der Waals surface area contributed by atoms with Crippen LogP contribution in [0, 0.1) is 21.0 Å². The van der Waals surface area contributed by atoms with Gasteiger partial charge in [-0.1, -0.05) is 5.16 Å². The van der Waals surface area contributed by atoms with E-state index in [0.29, 0.717) is 3.57 Å². The van der Waals surface area contributed by atoms with Crippen LogP contribution in [0.3, 0.4) is 0 Å². The maximum Gasteiger partial charge on any atom is 0.277 e. The number of oxime groups is 1. The number of hydroxylamine groups is 1. The largest absolute Gasteiger partial charge is 0.394 e. The molecule has 0 spiro atoms. The molecular formula is C19H19F3IN3O5. The molecule has 8 nitrogen and oxygen atoms in total. The summed E-state index contributed by atoms with van der Waals surface area (Å²) in [6.07, 6.45) is 0. The molecule has 0 bridgehead atoms. The zero-order valence-electron chi connectivity index (χ0n) is 16.2. The number of amides is 1. The van der Waals surface area contributed by atoms with E-state index in [2.05, 4.69) is 10.5 Å². The number of carbonyl (C=O) groups is 1. The summed E-state index contributed by atoms with van der Waals surface area (Å²) in [5.74, 6) is -4.53. The molecule has 2 aromatic carbocycles. The van der Waals surface area contributed by atoms with Gasteiger partial charge in [0, 0.05) is 9.13 Å². The highest BCUT2D eigenvalue weighted by Gasteiger charge is 2.25. The Balaban J connectivity index is 2.54. The minimum absolute atomic E-state index is 0.109. The average Bonchev–Trinajstić information content (AvgIpc) is 2.73. The van der Waals surface area contributed by atoms with Crippen LogP contribution in [-0.2, 0) is 9.68 Å². The number of nitrogens with one attached hydrogen (secondary N) is 2. The molecule has 168 valence electrons. The molecule has 0 aliphatic carbocycles. The molecule has 0 aliphatic rings. The fourth-order valence-electron chi connectivity index (χ4n) is 2.37. The molecule has 2 aromatic rings. The van der Waals surface area contributed by atoms with Gasteiger partial charge in [0.05, 0.1) is 42.5 Å². The Morgan fingerprint density at radius 1 is 1.10 bits per heavy atom. The van der Waals surface area contributed by atoms with Crippen molar-refractivity contribution in [1.29, 1.82) is 0 Å². The number of nitrogens with zero attached hydrogens (tertiary/aromatic N) is 1. The Hall–Kier alpha value is -2.42. The van der Waals surface area contributed by atoms with Crippen molar-refractivity contribution in [2.24, 2.45) is 5.16 Å². The van der Waals surface area contributed by atoms with Crippen LogP contribution in [0.1, 0.15) is 22.8 Å². The van der Waals surface area contributed by atoms with Crippen LogP contribution in [0.15, 0.2) is 29.4 Å². The normalized spacial score (nSPS) is 11.4. The third-order valence-corrected chi connectivity index (χ3v) is 4.45. The van der Waals surface area contributed by atoms with Gasteiger partial charge in [-0.3, -0.25) is 9.63 Å². The third-order valence-electron chi connectivity index (χ3n) is 3.77. The number of anilines is 2. The van der Waals surface area contributed by atoms with Gasteiger partial charge in [0.1, 0.15) is 12.4 Å². The number of hydrogen-bond donors (Lipinski definition) is 4. The highest BCUT2D eigenvalue weighted by molar-refractivity contribution is 14.1. The molecule has 0 unspecified atom stereocenters. The summed E-state index contributed by atoms with van der Waals surface area (Å²) in [5.41, 5.74) is 0.255. The number of benzene rings is 2. The number of aliphatic hydroxyl groups is 2. The van der Waals surface area contributed by atoms with Crippen molar-refractivity contribution < 1.29 is 37.9 Å². The molecule has 2 rings (SSSR count). The van der Waals surface area contributed by atoms with Crippen molar-refractivity contribution >= 4 is 45.6 Å². The predicted octanol–water partition coefficient (Wildman–Crippen LogP) is 2.84. The Bertz CT molecular complexity index is 975. The van der Waals surface area contributed by atoms with E-state index in [1.54, 1.807) is 0 Å². The van der Waals surface area contributed by atoms with Crippen LogP contribution in [0.25, 0.3) is 0 Å². The second-order valence-corrected chi connectivity index (χ2v) is 7.21. The summed E-state index contributed by atoms with van der Waals surface area (Å²) >= 11 is 1.88. The molecule has 1 amide bonds. The van der Waals surface area contributed by atoms with E-state index in [0.717, 1.165) is 6.07 Å². The zero-order valence-corrected chi connectivity index (χ0v) is 18.4. The molecule has 0 saturated carbocycles. The lowest BCUT2D eigenvalue weighted by atomic mass is 10.0. The van der Waals surface area contributed by atoms with Gasteiger partial charge in [0.15, 0.2) is 11.6 Å². The lowest BCUT2D eigenvalue weighted by Crippen LogP contribution is -2.27. The first-order chi connectivity index (χ1) is 14.8. The molecule has 0 fully saturated rings. The minimum Gasteiger partial charge on any atom is -0.394 e. The van der Waals surface area contributed by atoms with Crippen molar-refractivity contribution in [2.45, 2.75) is 6.92 Å². The molecule has 0 radical (unpaired) electrons. The number of hydrogen-bond acceptors (Lipinski definition) is 7. The number of rotatable bonds is 10. The van der Waals surface area contributed by atoms with Crippen LogP contribution in [0.4, 0.5) is 24.5 Å². The van der Waals surface area contributed by atoms with E-state index in [9.17, 15) is 18.0 Å². The summed E-state index contributed by atoms with van der Waals surface area (Å²) in [6.45, 7) is 0.164. The van der Waals surface area contributed by atoms with Crippen molar-refractivity contribution in [2.75, 3.05) is 31.7 Å². The standard InChI is InChI=1S/C19H19F3IN3O5/c1-10(25-30-6-4-27)12-9-13(19(29)26-31-7-5-28)18(17(22)16(12)21)24-15-3-2-11(23)8-14(15)20/h2-3,8-9,24,27-28H,4-7H2,1H3,(H,26,29)/b25-10-. The molecular weight excluding hydrogens is 534 g/mol. The fourth-order valence-corrected chi connectivity index (χ4v) is 2.82. The molecule has 0 heterocycles. The first kappa shape index (κ1) is 24.8. The van der Waals surface area contributed by atoms with Gasteiger partial charge in [-0.2, -0.15) is 0 Å². The monoisotopic (exact) mass is 553 g/mol. The van der Waals surface area contributed by atoms with Crippen molar-refractivity contribution in [3.8, 4) is 0 Å². The Morgan fingerprint density at radius 3 is 2.45 bits per heavy atom. The molecule has 4 N–H and O–H groups in total. The first-order valence-corrected chi connectivity index (χ1v) is 9.92. The smallest absolute Gasteiger partial charge is 0.277 e.